The summed E-state index contributed by atoms with van der Waals surface area (Å²) in [5.74, 6) is -0.186. The number of carbonyl (C=O) groups excluding carboxylic acids is 1. The first kappa shape index (κ1) is 17.0. The van der Waals surface area contributed by atoms with Crippen molar-refractivity contribution in [2.24, 2.45) is 0 Å². The average Bonchev–Trinajstić information content (AvgIpc) is 2.87. The topological polar surface area (TPSA) is 73.1 Å². The summed E-state index contributed by atoms with van der Waals surface area (Å²) in [6.07, 6.45) is 2.85. The number of hydrogen-bond donors (Lipinski definition) is 0. The van der Waals surface area contributed by atoms with Crippen LogP contribution in [0.4, 0.5) is 5.69 Å². The minimum atomic E-state index is -0.459. The van der Waals surface area contributed by atoms with Crippen LogP contribution in [-0.2, 0) is 5.41 Å². The van der Waals surface area contributed by atoms with Gasteiger partial charge in [-0.05, 0) is 25.1 Å². The van der Waals surface area contributed by atoms with E-state index in [4.69, 9.17) is 0 Å². The zero-order valence-corrected chi connectivity index (χ0v) is 14.3. The molecule has 1 heterocycles. The Hall–Kier alpha value is -2.34. The Bertz CT molecular complexity index is 785. The molecule has 1 aromatic carbocycles. The molecule has 0 fully saturated rings. The van der Waals surface area contributed by atoms with Crippen LogP contribution >= 0.6 is 11.3 Å². The number of ketones is 1. The molecule has 120 valence electrons. The molecule has 0 amide bonds. The maximum Gasteiger partial charge on any atom is 0.276 e. The first-order chi connectivity index (χ1) is 10.7. The first-order valence-corrected chi connectivity index (χ1v) is 7.95. The number of nitro groups is 1. The van der Waals surface area contributed by atoms with E-state index in [2.05, 4.69) is 4.98 Å². The zero-order chi connectivity index (χ0) is 17.2. The van der Waals surface area contributed by atoms with Gasteiger partial charge in [0.05, 0.1) is 26.1 Å². The van der Waals surface area contributed by atoms with Gasteiger partial charge in [0.25, 0.3) is 5.69 Å². The van der Waals surface area contributed by atoms with E-state index in [-0.39, 0.29) is 16.9 Å². The van der Waals surface area contributed by atoms with Gasteiger partial charge in [0, 0.05) is 11.5 Å². The highest BCUT2D eigenvalue weighted by molar-refractivity contribution is 7.14. The minimum absolute atomic E-state index is 0.0204. The van der Waals surface area contributed by atoms with Crippen LogP contribution in [0, 0.1) is 17.0 Å². The SMILES string of the molecule is Cc1nc(C(C)(C)C)sc1C(=O)C=Cc1ccccc1[N+](=O)[O-]. The molecule has 2 aromatic rings. The van der Waals surface area contributed by atoms with Crippen LogP contribution in [0.3, 0.4) is 0 Å². The molecule has 0 aliphatic heterocycles. The molecule has 0 spiro atoms. The monoisotopic (exact) mass is 330 g/mol. The van der Waals surface area contributed by atoms with Crippen molar-refractivity contribution >= 4 is 28.9 Å². The molecule has 0 N–H and O–H groups in total. The molecule has 0 saturated heterocycles. The second kappa shape index (κ2) is 6.42. The van der Waals surface area contributed by atoms with Gasteiger partial charge in [-0.1, -0.05) is 32.9 Å². The van der Waals surface area contributed by atoms with Gasteiger partial charge in [0.15, 0.2) is 5.78 Å². The maximum absolute atomic E-state index is 12.4. The van der Waals surface area contributed by atoms with Gasteiger partial charge >= 0.3 is 0 Å². The molecule has 0 aliphatic carbocycles. The predicted molar refractivity (Wildman–Crippen MR) is 92.0 cm³/mol. The molecular formula is C17H18N2O3S. The maximum atomic E-state index is 12.4. The quantitative estimate of drug-likeness (QED) is 0.357. The number of aromatic nitrogens is 1. The molecule has 0 aliphatic rings. The van der Waals surface area contributed by atoms with E-state index in [1.807, 2.05) is 20.8 Å². The molecule has 1 aromatic heterocycles. The average molecular weight is 330 g/mol. The molecule has 0 saturated carbocycles. The highest BCUT2D eigenvalue weighted by atomic mass is 32.1. The summed E-state index contributed by atoms with van der Waals surface area (Å²) in [6, 6.07) is 6.33. The highest BCUT2D eigenvalue weighted by Gasteiger charge is 2.22. The van der Waals surface area contributed by atoms with Crippen LogP contribution in [-0.4, -0.2) is 15.7 Å². The Labute approximate surface area is 138 Å². The standard InChI is InChI=1S/C17H18N2O3S/c1-11-15(23-16(18-11)17(2,3)4)14(20)10-9-12-7-5-6-8-13(12)19(21)22/h5-10H,1-4H3. The van der Waals surface area contributed by atoms with E-state index in [0.29, 0.717) is 16.1 Å². The van der Waals surface area contributed by atoms with Gasteiger partial charge in [-0.25, -0.2) is 4.98 Å². The number of thiazole rings is 1. The third-order valence-electron chi connectivity index (χ3n) is 3.21. The van der Waals surface area contributed by atoms with E-state index in [1.54, 1.807) is 25.1 Å². The Morgan fingerprint density at radius 1 is 1.30 bits per heavy atom. The van der Waals surface area contributed by atoms with E-state index >= 15 is 0 Å². The number of hydrogen-bond acceptors (Lipinski definition) is 5. The van der Waals surface area contributed by atoms with Crippen molar-refractivity contribution < 1.29 is 9.72 Å². The molecule has 2 rings (SSSR count). The number of aryl methyl sites for hydroxylation is 1. The van der Waals surface area contributed by atoms with Crippen LogP contribution in [0.5, 0.6) is 0 Å². The Balaban J connectivity index is 2.30. The highest BCUT2D eigenvalue weighted by Crippen LogP contribution is 2.30. The number of carbonyl (C=O) groups is 1. The van der Waals surface area contributed by atoms with Crippen molar-refractivity contribution in [3.8, 4) is 0 Å². The molecule has 0 bridgehead atoms. The fourth-order valence-corrected chi connectivity index (χ4v) is 3.03. The first-order valence-electron chi connectivity index (χ1n) is 7.14. The second-order valence-corrected chi connectivity index (χ2v) is 7.20. The Kier molecular flexibility index (Phi) is 4.75. The number of para-hydroxylation sites is 1. The smallest absolute Gasteiger partial charge is 0.276 e. The van der Waals surface area contributed by atoms with E-state index < -0.39 is 4.92 Å². The number of allylic oxidation sites excluding steroid dienone is 1. The lowest BCUT2D eigenvalue weighted by Crippen LogP contribution is -2.10. The summed E-state index contributed by atoms with van der Waals surface area (Å²) in [7, 11) is 0. The Morgan fingerprint density at radius 3 is 2.52 bits per heavy atom. The van der Waals surface area contributed by atoms with Crippen LogP contribution in [0.25, 0.3) is 6.08 Å². The van der Waals surface area contributed by atoms with Crippen molar-refractivity contribution in [1.29, 1.82) is 0 Å². The number of nitro benzene ring substituents is 1. The van der Waals surface area contributed by atoms with Crippen molar-refractivity contribution in [1.82, 2.24) is 4.98 Å². The molecule has 6 heteroatoms. The van der Waals surface area contributed by atoms with Crippen LogP contribution in [0.1, 0.15) is 46.7 Å². The summed E-state index contributed by atoms with van der Waals surface area (Å²) >= 11 is 1.37. The van der Waals surface area contributed by atoms with Crippen molar-refractivity contribution in [3.63, 3.8) is 0 Å². The van der Waals surface area contributed by atoms with Gasteiger partial charge in [-0.3, -0.25) is 14.9 Å². The fourth-order valence-electron chi connectivity index (χ4n) is 1.98. The lowest BCUT2D eigenvalue weighted by molar-refractivity contribution is -0.385. The second-order valence-electron chi connectivity index (χ2n) is 6.20. The van der Waals surface area contributed by atoms with Crippen molar-refractivity contribution in [2.75, 3.05) is 0 Å². The van der Waals surface area contributed by atoms with Gasteiger partial charge in [0.1, 0.15) is 0 Å². The molecular weight excluding hydrogens is 312 g/mol. The zero-order valence-electron chi connectivity index (χ0n) is 13.5. The van der Waals surface area contributed by atoms with E-state index in [0.717, 1.165) is 5.01 Å². The molecule has 0 atom stereocenters. The molecule has 5 nitrogen and oxygen atoms in total. The van der Waals surface area contributed by atoms with Gasteiger partial charge in [-0.2, -0.15) is 0 Å². The lowest BCUT2D eigenvalue weighted by atomic mass is 9.98. The summed E-state index contributed by atoms with van der Waals surface area (Å²) in [4.78, 5) is 27.9. The fraction of sp³-hybridized carbons (Fsp3) is 0.294. The van der Waals surface area contributed by atoms with Crippen molar-refractivity contribution in [3.05, 3.63) is 61.6 Å². The van der Waals surface area contributed by atoms with Gasteiger partial charge < -0.3 is 0 Å². The largest absolute Gasteiger partial charge is 0.288 e. The number of rotatable bonds is 4. The van der Waals surface area contributed by atoms with Gasteiger partial charge in [0.2, 0.25) is 0 Å². The molecule has 0 unspecified atom stereocenters. The summed E-state index contributed by atoms with van der Waals surface area (Å²) in [6.45, 7) is 7.94. The minimum Gasteiger partial charge on any atom is -0.288 e. The van der Waals surface area contributed by atoms with Crippen LogP contribution in [0.15, 0.2) is 30.3 Å². The summed E-state index contributed by atoms with van der Waals surface area (Å²) in [5, 5.41) is 11.9. The van der Waals surface area contributed by atoms with E-state index in [1.165, 1.54) is 29.6 Å². The van der Waals surface area contributed by atoms with Crippen molar-refractivity contribution in [2.45, 2.75) is 33.1 Å². The van der Waals surface area contributed by atoms with Crippen LogP contribution in [0.2, 0.25) is 0 Å². The number of benzene rings is 1. The normalized spacial score (nSPS) is 11.8. The summed E-state index contributed by atoms with van der Waals surface area (Å²) < 4.78 is 0. The van der Waals surface area contributed by atoms with Gasteiger partial charge in [-0.15, -0.1) is 11.3 Å². The molecule has 23 heavy (non-hydrogen) atoms. The third-order valence-corrected chi connectivity index (χ3v) is 4.81. The number of nitrogens with zero attached hydrogens (tertiary/aromatic N) is 2. The Morgan fingerprint density at radius 2 is 1.96 bits per heavy atom. The predicted octanol–water partition coefficient (Wildman–Crippen LogP) is 4.55. The third kappa shape index (κ3) is 3.90. The molecule has 0 radical (unpaired) electrons. The lowest BCUT2D eigenvalue weighted by Gasteiger charge is -2.13. The van der Waals surface area contributed by atoms with E-state index in [9.17, 15) is 14.9 Å². The summed E-state index contributed by atoms with van der Waals surface area (Å²) in [5.41, 5.74) is 0.963. The van der Waals surface area contributed by atoms with Crippen LogP contribution < -0.4 is 0 Å².